The first-order chi connectivity index (χ1) is 13.4. The maximum absolute atomic E-state index is 12.7. The second-order valence-corrected chi connectivity index (χ2v) is 8.30. The number of carbonyl (C=O) groups is 1. The zero-order valence-electron chi connectivity index (χ0n) is 16.5. The quantitative estimate of drug-likeness (QED) is 0.664. The summed E-state index contributed by atoms with van der Waals surface area (Å²) in [4.78, 5) is 16.5. The molecular weight excluding hydrogens is 399 g/mol. The molecule has 1 atom stereocenters. The molecule has 152 valence electrons. The lowest BCUT2D eigenvalue weighted by Crippen LogP contribution is -2.43. The highest BCUT2D eigenvalue weighted by Crippen LogP contribution is 2.31. The molecule has 0 unspecified atom stereocenters. The van der Waals surface area contributed by atoms with Crippen LogP contribution in [0.25, 0.3) is 11.5 Å². The number of aromatic nitrogens is 2. The van der Waals surface area contributed by atoms with E-state index in [2.05, 4.69) is 10.2 Å². The normalized spacial score (nSPS) is 16.4. The van der Waals surface area contributed by atoms with E-state index in [-0.39, 0.29) is 11.9 Å². The summed E-state index contributed by atoms with van der Waals surface area (Å²) in [6.45, 7) is 2.24. The minimum absolute atomic E-state index is 0.113. The Kier molecular flexibility index (Phi) is 6.96. The fraction of sp³-hybridized carbons (Fsp3) is 0.550. The highest BCUT2D eigenvalue weighted by atomic mass is 35.5. The average molecular weight is 425 g/mol. The van der Waals surface area contributed by atoms with Crippen LogP contribution in [0, 0.1) is 0 Å². The van der Waals surface area contributed by atoms with Crippen molar-refractivity contribution in [2.45, 2.75) is 51.1 Å². The molecule has 1 fully saturated rings. The van der Waals surface area contributed by atoms with E-state index in [1.165, 1.54) is 19.3 Å². The van der Waals surface area contributed by atoms with Gasteiger partial charge in [-0.3, -0.25) is 9.69 Å². The van der Waals surface area contributed by atoms with Crippen LogP contribution in [0.2, 0.25) is 10.0 Å². The maximum atomic E-state index is 12.7. The monoisotopic (exact) mass is 424 g/mol. The molecule has 0 bridgehead atoms. The third-order valence-corrected chi connectivity index (χ3v) is 6.07. The van der Waals surface area contributed by atoms with E-state index in [1.807, 2.05) is 30.8 Å². The van der Waals surface area contributed by atoms with Crippen LogP contribution in [0.5, 0.6) is 0 Å². The number of carbonyl (C=O) groups excluding carboxylic acids is 1. The summed E-state index contributed by atoms with van der Waals surface area (Å²) in [5, 5.41) is 9.24. The highest BCUT2D eigenvalue weighted by molar-refractivity contribution is 6.36. The summed E-state index contributed by atoms with van der Waals surface area (Å²) in [5.41, 5.74) is 0.632. The molecule has 0 radical (unpaired) electrons. The van der Waals surface area contributed by atoms with Gasteiger partial charge < -0.3 is 9.32 Å². The van der Waals surface area contributed by atoms with Crippen LogP contribution in [-0.4, -0.2) is 52.6 Å². The molecule has 3 rings (SSSR count). The lowest BCUT2D eigenvalue weighted by molar-refractivity contribution is -0.134. The van der Waals surface area contributed by atoms with Gasteiger partial charge in [-0.05, 0) is 45.0 Å². The molecule has 1 aliphatic carbocycles. The van der Waals surface area contributed by atoms with E-state index in [4.69, 9.17) is 27.6 Å². The average Bonchev–Trinajstić information content (AvgIpc) is 3.17. The van der Waals surface area contributed by atoms with E-state index in [9.17, 15) is 4.79 Å². The molecule has 1 heterocycles. The first-order valence-corrected chi connectivity index (χ1v) is 10.4. The number of amides is 1. The number of nitrogens with zero attached hydrogens (tertiary/aromatic N) is 4. The molecule has 6 nitrogen and oxygen atoms in total. The third kappa shape index (κ3) is 4.85. The highest BCUT2D eigenvalue weighted by Gasteiger charge is 2.26. The van der Waals surface area contributed by atoms with Gasteiger partial charge >= 0.3 is 0 Å². The van der Waals surface area contributed by atoms with Crippen molar-refractivity contribution in [3.05, 3.63) is 34.1 Å². The second kappa shape index (κ2) is 9.25. The molecule has 0 saturated heterocycles. The van der Waals surface area contributed by atoms with E-state index in [0.717, 1.165) is 12.8 Å². The summed E-state index contributed by atoms with van der Waals surface area (Å²) in [6.07, 6.45) is 5.86. The Morgan fingerprint density at radius 3 is 2.61 bits per heavy atom. The van der Waals surface area contributed by atoms with Crippen molar-refractivity contribution in [1.82, 2.24) is 20.0 Å². The lowest BCUT2D eigenvalue weighted by Gasteiger charge is -2.33. The van der Waals surface area contributed by atoms with Crippen molar-refractivity contribution >= 4 is 29.1 Å². The Bertz CT molecular complexity index is 820. The van der Waals surface area contributed by atoms with Crippen molar-refractivity contribution in [2.75, 3.05) is 20.6 Å². The Labute approximate surface area is 175 Å². The van der Waals surface area contributed by atoms with Gasteiger partial charge in [0.1, 0.15) is 0 Å². The topological polar surface area (TPSA) is 62.5 Å². The first-order valence-electron chi connectivity index (χ1n) is 9.61. The van der Waals surface area contributed by atoms with Gasteiger partial charge in [0, 0.05) is 18.1 Å². The molecular formula is C20H26Cl2N4O2. The van der Waals surface area contributed by atoms with Crippen molar-refractivity contribution in [3.8, 4) is 11.5 Å². The molecule has 1 amide bonds. The Morgan fingerprint density at radius 2 is 1.93 bits per heavy atom. The van der Waals surface area contributed by atoms with Gasteiger partial charge in [-0.25, -0.2) is 0 Å². The molecule has 1 aliphatic rings. The van der Waals surface area contributed by atoms with Gasteiger partial charge in [-0.2, -0.15) is 0 Å². The summed E-state index contributed by atoms with van der Waals surface area (Å²) >= 11 is 12.2. The van der Waals surface area contributed by atoms with Crippen LogP contribution >= 0.6 is 23.2 Å². The molecule has 8 heteroatoms. The number of benzene rings is 1. The van der Waals surface area contributed by atoms with Gasteiger partial charge in [-0.15, -0.1) is 10.2 Å². The number of hydrogen-bond acceptors (Lipinski definition) is 5. The van der Waals surface area contributed by atoms with Crippen LogP contribution in [-0.2, 0) is 4.79 Å². The van der Waals surface area contributed by atoms with E-state index < -0.39 is 0 Å². The Balaban J connectivity index is 1.64. The number of rotatable bonds is 6. The Morgan fingerprint density at radius 1 is 1.21 bits per heavy atom. The zero-order chi connectivity index (χ0) is 20.3. The van der Waals surface area contributed by atoms with Crippen molar-refractivity contribution in [1.29, 1.82) is 0 Å². The molecule has 1 aromatic heterocycles. The SMILES string of the molecule is C[C@@H](c1nnc(-c2ccc(Cl)cc2Cl)o1)N(C)CC(=O)N(C)C1CCCCC1. The van der Waals surface area contributed by atoms with Crippen LogP contribution in [0.3, 0.4) is 0 Å². The standard InChI is InChI=1S/C20H26Cl2N4O2/c1-13(25(2)12-18(27)26(3)15-7-5-4-6-8-15)19-23-24-20(28-19)16-10-9-14(21)11-17(16)22/h9-11,13,15H,4-8,12H2,1-3H3/t13-/m0/s1. The predicted octanol–water partition coefficient (Wildman–Crippen LogP) is 4.83. The Hall–Kier alpha value is -1.63. The van der Waals surface area contributed by atoms with Crippen LogP contribution < -0.4 is 0 Å². The fourth-order valence-corrected chi connectivity index (χ4v) is 3.99. The zero-order valence-corrected chi connectivity index (χ0v) is 18.0. The van der Waals surface area contributed by atoms with Crippen LogP contribution in [0.1, 0.15) is 51.0 Å². The maximum Gasteiger partial charge on any atom is 0.249 e. The first kappa shape index (κ1) is 21.1. The van der Waals surface area contributed by atoms with Crippen molar-refractivity contribution in [2.24, 2.45) is 0 Å². The van der Waals surface area contributed by atoms with Gasteiger partial charge in [0.05, 0.1) is 23.2 Å². The summed E-state index contributed by atoms with van der Waals surface area (Å²) in [5.74, 6) is 0.890. The van der Waals surface area contributed by atoms with E-state index in [1.54, 1.807) is 18.2 Å². The van der Waals surface area contributed by atoms with Gasteiger partial charge in [-0.1, -0.05) is 42.5 Å². The number of likely N-dealkylation sites (N-methyl/N-ethyl adjacent to an activating group) is 2. The van der Waals surface area contributed by atoms with Gasteiger partial charge in [0.15, 0.2) is 0 Å². The van der Waals surface area contributed by atoms with Crippen LogP contribution in [0.4, 0.5) is 0 Å². The molecule has 0 N–H and O–H groups in total. The van der Waals surface area contributed by atoms with Crippen LogP contribution in [0.15, 0.2) is 22.6 Å². The van der Waals surface area contributed by atoms with Crippen molar-refractivity contribution < 1.29 is 9.21 Å². The summed E-state index contributed by atoms with van der Waals surface area (Å²) < 4.78 is 5.82. The molecule has 0 aliphatic heterocycles. The van der Waals surface area contributed by atoms with E-state index >= 15 is 0 Å². The minimum atomic E-state index is -0.198. The summed E-state index contributed by atoms with van der Waals surface area (Å²) in [7, 11) is 3.79. The number of halogens is 2. The van der Waals surface area contributed by atoms with Crippen molar-refractivity contribution in [3.63, 3.8) is 0 Å². The molecule has 1 aromatic carbocycles. The minimum Gasteiger partial charge on any atom is -0.419 e. The second-order valence-electron chi connectivity index (χ2n) is 7.46. The van der Waals surface area contributed by atoms with E-state index in [0.29, 0.717) is 40.0 Å². The summed E-state index contributed by atoms with van der Waals surface area (Å²) in [6, 6.07) is 5.27. The van der Waals surface area contributed by atoms with Gasteiger partial charge in [0.2, 0.25) is 17.7 Å². The third-order valence-electron chi connectivity index (χ3n) is 5.52. The molecule has 0 spiro atoms. The fourth-order valence-electron chi connectivity index (χ4n) is 3.50. The predicted molar refractivity (Wildman–Crippen MR) is 110 cm³/mol. The van der Waals surface area contributed by atoms with Gasteiger partial charge in [0.25, 0.3) is 0 Å². The molecule has 28 heavy (non-hydrogen) atoms. The molecule has 2 aromatic rings. The smallest absolute Gasteiger partial charge is 0.249 e. The number of hydrogen-bond donors (Lipinski definition) is 0. The lowest BCUT2D eigenvalue weighted by atomic mass is 9.94. The molecule has 1 saturated carbocycles. The largest absolute Gasteiger partial charge is 0.419 e.